The van der Waals surface area contributed by atoms with Crippen molar-refractivity contribution in [2.75, 3.05) is 25.1 Å². The van der Waals surface area contributed by atoms with Crippen LogP contribution in [0.5, 0.6) is 0 Å². The van der Waals surface area contributed by atoms with E-state index in [0.717, 1.165) is 0 Å². The number of likely N-dealkylation sites (N-methyl/N-ethyl adjacent to an activating group) is 1. The zero-order chi connectivity index (χ0) is 15.8. The number of halogens is 3. The van der Waals surface area contributed by atoms with Gasteiger partial charge in [-0.2, -0.15) is 13.2 Å². The third kappa shape index (κ3) is 3.88. The molecule has 2 rings (SSSR count). The number of carbonyl (C=O) groups is 1. The van der Waals surface area contributed by atoms with E-state index in [1.54, 1.807) is 0 Å². The summed E-state index contributed by atoms with van der Waals surface area (Å²) in [5.41, 5.74) is 0. The van der Waals surface area contributed by atoms with Gasteiger partial charge in [0.05, 0.1) is 23.5 Å². The SMILES string of the molecule is CN(C(=O)C1CCC(C(F)(F)F)CN1)C1CCS(=O)(=O)C1. The minimum atomic E-state index is -4.24. The van der Waals surface area contributed by atoms with Gasteiger partial charge in [-0.25, -0.2) is 8.42 Å². The molecule has 2 aliphatic heterocycles. The molecule has 0 saturated carbocycles. The summed E-state index contributed by atoms with van der Waals surface area (Å²) in [7, 11) is -1.58. The van der Waals surface area contributed by atoms with Gasteiger partial charge in [0.1, 0.15) is 0 Å². The monoisotopic (exact) mass is 328 g/mol. The average molecular weight is 328 g/mol. The van der Waals surface area contributed by atoms with Crippen LogP contribution in [0, 0.1) is 5.92 Å². The van der Waals surface area contributed by atoms with Crippen molar-refractivity contribution in [3.63, 3.8) is 0 Å². The number of nitrogens with one attached hydrogen (secondary N) is 1. The van der Waals surface area contributed by atoms with Crippen LogP contribution in [-0.2, 0) is 14.6 Å². The molecule has 0 aromatic rings. The highest BCUT2D eigenvalue weighted by atomic mass is 32.2. The van der Waals surface area contributed by atoms with Gasteiger partial charge in [0.25, 0.3) is 0 Å². The van der Waals surface area contributed by atoms with E-state index in [9.17, 15) is 26.4 Å². The predicted molar refractivity (Wildman–Crippen MR) is 70.4 cm³/mol. The molecule has 2 fully saturated rings. The van der Waals surface area contributed by atoms with Crippen molar-refractivity contribution in [2.45, 2.75) is 37.5 Å². The highest BCUT2D eigenvalue weighted by Gasteiger charge is 2.43. The number of piperidine rings is 1. The highest BCUT2D eigenvalue weighted by Crippen LogP contribution is 2.32. The molecular formula is C12H19F3N2O3S. The van der Waals surface area contributed by atoms with E-state index >= 15 is 0 Å². The smallest absolute Gasteiger partial charge is 0.340 e. The Morgan fingerprint density at radius 3 is 2.33 bits per heavy atom. The first-order chi connectivity index (χ1) is 9.60. The first-order valence-electron chi connectivity index (χ1n) is 6.87. The van der Waals surface area contributed by atoms with Gasteiger partial charge in [0, 0.05) is 19.6 Å². The van der Waals surface area contributed by atoms with E-state index in [2.05, 4.69) is 5.32 Å². The molecule has 21 heavy (non-hydrogen) atoms. The Labute approximate surface area is 121 Å². The number of sulfone groups is 1. The second-order valence-electron chi connectivity index (χ2n) is 5.78. The number of carbonyl (C=O) groups excluding carboxylic acids is 1. The summed E-state index contributed by atoms with van der Waals surface area (Å²) in [6.45, 7) is -0.267. The van der Waals surface area contributed by atoms with E-state index in [1.807, 2.05) is 0 Å². The summed E-state index contributed by atoms with van der Waals surface area (Å²) in [6.07, 6.45) is -3.81. The van der Waals surface area contributed by atoms with Crippen LogP contribution in [0.15, 0.2) is 0 Å². The highest BCUT2D eigenvalue weighted by molar-refractivity contribution is 7.91. The molecule has 2 aliphatic rings. The Morgan fingerprint density at radius 2 is 1.90 bits per heavy atom. The molecule has 0 bridgehead atoms. The van der Waals surface area contributed by atoms with Crippen LogP contribution in [-0.4, -0.2) is 62.6 Å². The minimum absolute atomic E-state index is 0.0591. The molecule has 0 aromatic heterocycles. The fourth-order valence-electron chi connectivity index (χ4n) is 2.85. The molecule has 2 heterocycles. The summed E-state index contributed by atoms with van der Waals surface area (Å²) in [4.78, 5) is 13.6. The topological polar surface area (TPSA) is 66.5 Å². The van der Waals surface area contributed by atoms with Gasteiger partial charge in [-0.1, -0.05) is 0 Å². The Morgan fingerprint density at radius 1 is 1.24 bits per heavy atom. The normalized spacial score (nSPS) is 32.9. The van der Waals surface area contributed by atoms with Crippen molar-refractivity contribution in [2.24, 2.45) is 5.92 Å². The Balaban J connectivity index is 1.90. The molecule has 122 valence electrons. The second-order valence-corrected chi connectivity index (χ2v) is 8.01. The lowest BCUT2D eigenvalue weighted by atomic mass is 9.93. The molecule has 3 unspecified atom stereocenters. The summed E-state index contributed by atoms with van der Waals surface area (Å²) in [5, 5.41) is 2.64. The van der Waals surface area contributed by atoms with Gasteiger partial charge in [0.2, 0.25) is 5.91 Å². The fourth-order valence-corrected chi connectivity index (χ4v) is 4.63. The Hall–Kier alpha value is -0.830. The summed E-state index contributed by atoms with van der Waals surface area (Å²) in [6, 6.07) is -1.03. The lowest BCUT2D eigenvalue weighted by molar-refractivity contribution is -0.180. The van der Waals surface area contributed by atoms with Gasteiger partial charge in [0.15, 0.2) is 9.84 Å². The van der Waals surface area contributed by atoms with Crippen molar-refractivity contribution in [1.29, 1.82) is 0 Å². The molecule has 2 saturated heterocycles. The molecule has 0 spiro atoms. The molecule has 9 heteroatoms. The maximum Gasteiger partial charge on any atom is 0.393 e. The van der Waals surface area contributed by atoms with E-state index in [1.165, 1.54) is 11.9 Å². The minimum Gasteiger partial charge on any atom is -0.340 e. The van der Waals surface area contributed by atoms with Crippen LogP contribution in [0.1, 0.15) is 19.3 Å². The molecular weight excluding hydrogens is 309 g/mol. The zero-order valence-corrected chi connectivity index (χ0v) is 12.5. The van der Waals surface area contributed by atoms with Crippen LogP contribution in [0.3, 0.4) is 0 Å². The Bertz CT molecular complexity index is 498. The average Bonchev–Trinajstić information content (AvgIpc) is 2.76. The molecule has 3 atom stereocenters. The third-order valence-electron chi connectivity index (χ3n) is 4.28. The molecule has 1 amide bonds. The van der Waals surface area contributed by atoms with Crippen LogP contribution in [0.4, 0.5) is 13.2 Å². The van der Waals surface area contributed by atoms with E-state index < -0.39 is 28.0 Å². The molecule has 0 radical (unpaired) electrons. The molecule has 0 aromatic carbocycles. The standard InChI is InChI=1S/C12H19F3N2O3S/c1-17(9-4-5-21(19,20)7-9)11(18)10-3-2-8(6-16-10)12(13,14)15/h8-10,16H,2-7H2,1H3. The lowest BCUT2D eigenvalue weighted by Gasteiger charge is -2.34. The van der Waals surface area contributed by atoms with Crippen molar-refractivity contribution in [3.05, 3.63) is 0 Å². The summed E-state index contributed by atoms with van der Waals surface area (Å²) in [5.74, 6) is -1.74. The molecule has 5 nitrogen and oxygen atoms in total. The Kier molecular flexibility index (Phi) is 4.53. The van der Waals surface area contributed by atoms with Gasteiger partial charge < -0.3 is 10.2 Å². The number of hydrogen-bond donors (Lipinski definition) is 1. The van der Waals surface area contributed by atoms with Gasteiger partial charge in [-0.3, -0.25) is 4.79 Å². The van der Waals surface area contributed by atoms with Gasteiger partial charge in [-0.15, -0.1) is 0 Å². The number of hydrogen-bond acceptors (Lipinski definition) is 4. The maximum atomic E-state index is 12.6. The quantitative estimate of drug-likeness (QED) is 0.804. The van der Waals surface area contributed by atoms with E-state index in [4.69, 9.17) is 0 Å². The van der Waals surface area contributed by atoms with Crippen molar-refractivity contribution < 1.29 is 26.4 Å². The van der Waals surface area contributed by atoms with Crippen LogP contribution >= 0.6 is 0 Å². The van der Waals surface area contributed by atoms with Crippen LogP contribution in [0.25, 0.3) is 0 Å². The largest absolute Gasteiger partial charge is 0.393 e. The first kappa shape index (κ1) is 16.5. The van der Waals surface area contributed by atoms with Gasteiger partial charge in [-0.05, 0) is 19.3 Å². The van der Waals surface area contributed by atoms with Gasteiger partial charge >= 0.3 is 6.18 Å². The van der Waals surface area contributed by atoms with Crippen LogP contribution < -0.4 is 5.32 Å². The maximum absolute atomic E-state index is 12.6. The van der Waals surface area contributed by atoms with Crippen molar-refractivity contribution in [1.82, 2.24) is 10.2 Å². The molecule has 0 aliphatic carbocycles. The number of alkyl halides is 3. The van der Waals surface area contributed by atoms with Crippen molar-refractivity contribution in [3.8, 4) is 0 Å². The zero-order valence-electron chi connectivity index (χ0n) is 11.7. The fraction of sp³-hybridized carbons (Fsp3) is 0.917. The second kappa shape index (κ2) is 5.75. The van der Waals surface area contributed by atoms with E-state index in [0.29, 0.717) is 6.42 Å². The summed E-state index contributed by atoms with van der Waals surface area (Å²) >= 11 is 0. The lowest BCUT2D eigenvalue weighted by Crippen LogP contribution is -2.53. The molecule has 1 N–H and O–H groups in total. The van der Waals surface area contributed by atoms with Crippen molar-refractivity contribution >= 4 is 15.7 Å². The van der Waals surface area contributed by atoms with Crippen LogP contribution in [0.2, 0.25) is 0 Å². The number of amides is 1. The van der Waals surface area contributed by atoms with E-state index in [-0.39, 0.29) is 42.8 Å². The predicted octanol–water partition coefficient (Wildman–Crippen LogP) is 0.562. The third-order valence-corrected chi connectivity index (χ3v) is 6.03. The number of nitrogens with zero attached hydrogens (tertiary/aromatic N) is 1. The first-order valence-corrected chi connectivity index (χ1v) is 8.69. The number of rotatable bonds is 2. The summed E-state index contributed by atoms with van der Waals surface area (Å²) < 4.78 is 60.5.